The fourth-order valence-corrected chi connectivity index (χ4v) is 1.78. The maximum absolute atomic E-state index is 11.8. The van der Waals surface area contributed by atoms with Crippen LogP contribution in [0.25, 0.3) is 0 Å². The van der Waals surface area contributed by atoms with Gasteiger partial charge < -0.3 is 25.4 Å². The second-order valence-corrected chi connectivity index (χ2v) is 4.63. The highest BCUT2D eigenvalue weighted by atomic mass is 16.5. The predicted molar refractivity (Wildman–Crippen MR) is 84.3 cm³/mol. The molecule has 0 aromatic heterocycles. The quantitative estimate of drug-likeness (QED) is 0.586. The van der Waals surface area contributed by atoms with Crippen LogP contribution in [-0.2, 0) is 9.59 Å². The highest BCUT2D eigenvalue weighted by Gasteiger charge is 2.08. The van der Waals surface area contributed by atoms with E-state index in [1.54, 1.807) is 18.2 Å². The second kappa shape index (κ2) is 9.62. The van der Waals surface area contributed by atoms with E-state index in [2.05, 4.69) is 16.0 Å². The SMILES string of the molecule is CNCCCC(=O)NCC(=O)Nc1cc(OC)cc(OC)c1. The van der Waals surface area contributed by atoms with Gasteiger partial charge in [-0.05, 0) is 20.0 Å². The third-order valence-electron chi connectivity index (χ3n) is 2.91. The lowest BCUT2D eigenvalue weighted by molar-refractivity contribution is -0.124. The van der Waals surface area contributed by atoms with E-state index in [-0.39, 0.29) is 18.4 Å². The smallest absolute Gasteiger partial charge is 0.243 e. The molecule has 0 spiro atoms. The first-order valence-electron chi connectivity index (χ1n) is 7.03. The number of methoxy groups -OCH3 is 2. The van der Waals surface area contributed by atoms with Crippen LogP contribution in [-0.4, -0.2) is 46.2 Å². The number of benzene rings is 1. The van der Waals surface area contributed by atoms with Crippen molar-refractivity contribution in [3.63, 3.8) is 0 Å². The molecule has 1 aromatic rings. The first-order valence-corrected chi connectivity index (χ1v) is 7.03. The molecule has 0 fully saturated rings. The van der Waals surface area contributed by atoms with Crippen LogP contribution in [0.5, 0.6) is 11.5 Å². The van der Waals surface area contributed by atoms with Gasteiger partial charge in [-0.3, -0.25) is 9.59 Å². The van der Waals surface area contributed by atoms with Crippen molar-refractivity contribution in [1.29, 1.82) is 0 Å². The molecule has 22 heavy (non-hydrogen) atoms. The Morgan fingerprint density at radius 2 is 1.68 bits per heavy atom. The molecule has 1 rings (SSSR count). The summed E-state index contributed by atoms with van der Waals surface area (Å²) in [6.07, 6.45) is 1.12. The number of amides is 2. The summed E-state index contributed by atoms with van der Waals surface area (Å²) in [6.45, 7) is 0.696. The Bertz CT molecular complexity index is 483. The molecule has 0 saturated heterocycles. The number of nitrogens with one attached hydrogen (secondary N) is 3. The van der Waals surface area contributed by atoms with Crippen LogP contribution in [0.2, 0.25) is 0 Å². The number of rotatable bonds is 9. The first-order chi connectivity index (χ1) is 10.6. The van der Waals surface area contributed by atoms with E-state index in [9.17, 15) is 9.59 Å². The summed E-state index contributed by atoms with van der Waals surface area (Å²) in [5.41, 5.74) is 0.547. The van der Waals surface area contributed by atoms with E-state index < -0.39 is 0 Å². The molecule has 0 heterocycles. The van der Waals surface area contributed by atoms with Crippen LogP contribution < -0.4 is 25.4 Å². The van der Waals surface area contributed by atoms with Gasteiger partial charge in [0.15, 0.2) is 0 Å². The van der Waals surface area contributed by atoms with Crippen LogP contribution in [0.1, 0.15) is 12.8 Å². The predicted octanol–water partition coefficient (Wildman–Crippen LogP) is 0.758. The van der Waals surface area contributed by atoms with Crippen LogP contribution in [0, 0.1) is 0 Å². The van der Waals surface area contributed by atoms with Gasteiger partial charge in [0, 0.05) is 30.3 Å². The average Bonchev–Trinajstić information content (AvgIpc) is 2.52. The largest absolute Gasteiger partial charge is 0.497 e. The van der Waals surface area contributed by atoms with Crippen molar-refractivity contribution in [3.8, 4) is 11.5 Å². The number of carbonyl (C=O) groups is 2. The lowest BCUT2D eigenvalue weighted by Crippen LogP contribution is -2.33. The second-order valence-electron chi connectivity index (χ2n) is 4.63. The van der Waals surface area contributed by atoms with E-state index in [0.29, 0.717) is 23.6 Å². The first kappa shape index (κ1) is 17.8. The Labute approximate surface area is 130 Å². The molecular weight excluding hydrogens is 286 g/mol. The Morgan fingerprint density at radius 3 is 2.23 bits per heavy atom. The zero-order chi connectivity index (χ0) is 16.4. The fraction of sp³-hybridized carbons (Fsp3) is 0.467. The third kappa shape index (κ3) is 6.45. The minimum atomic E-state index is -0.308. The zero-order valence-corrected chi connectivity index (χ0v) is 13.2. The van der Waals surface area contributed by atoms with Crippen LogP contribution >= 0.6 is 0 Å². The van der Waals surface area contributed by atoms with Crippen LogP contribution in [0.3, 0.4) is 0 Å². The molecule has 0 aliphatic carbocycles. The summed E-state index contributed by atoms with van der Waals surface area (Å²) >= 11 is 0. The Morgan fingerprint density at radius 1 is 1.05 bits per heavy atom. The van der Waals surface area contributed by atoms with Crippen LogP contribution in [0.4, 0.5) is 5.69 Å². The Kier molecular flexibility index (Phi) is 7.77. The maximum atomic E-state index is 11.8. The molecule has 7 nitrogen and oxygen atoms in total. The summed E-state index contributed by atoms with van der Waals surface area (Å²) < 4.78 is 10.3. The monoisotopic (exact) mass is 309 g/mol. The van der Waals surface area contributed by atoms with Crippen LogP contribution in [0.15, 0.2) is 18.2 Å². The van der Waals surface area contributed by atoms with Crippen molar-refractivity contribution in [1.82, 2.24) is 10.6 Å². The minimum Gasteiger partial charge on any atom is -0.497 e. The van der Waals surface area contributed by atoms with E-state index in [1.165, 1.54) is 14.2 Å². The van der Waals surface area contributed by atoms with E-state index >= 15 is 0 Å². The van der Waals surface area contributed by atoms with Crippen molar-refractivity contribution in [2.75, 3.05) is 39.7 Å². The molecular formula is C15H23N3O4. The summed E-state index contributed by atoms with van der Waals surface area (Å²) in [4.78, 5) is 23.3. The van der Waals surface area contributed by atoms with Gasteiger partial charge >= 0.3 is 0 Å². The molecule has 0 atom stereocenters. The van der Waals surface area contributed by atoms with Gasteiger partial charge in [-0.2, -0.15) is 0 Å². The molecule has 0 aliphatic heterocycles. The summed E-state index contributed by atoms with van der Waals surface area (Å²) in [5.74, 6) is 0.697. The van der Waals surface area contributed by atoms with Crippen molar-refractivity contribution in [2.45, 2.75) is 12.8 Å². The third-order valence-corrected chi connectivity index (χ3v) is 2.91. The molecule has 0 saturated carbocycles. The van der Waals surface area contributed by atoms with Gasteiger partial charge in [-0.15, -0.1) is 0 Å². The summed E-state index contributed by atoms with van der Waals surface area (Å²) in [6, 6.07) is 5.06. The number of carbonyl (C=O) groups excluding carboxylic acids is 2. The van der Waals surface area contributed by atoms with Crippen molar-refractivity contribution < 1.29 is 19.1 Å². The van der Waals surface area contributed by atoms with Gasteiger partial charge in [0.1, 0.15) is 11.5 Å². The molecule has 0 radical (unpaired) electrons. The lowest BCUT2D eigenvalue weighted by Gasteiger charge is -2.10. The average molecular weight is 309 g/mol. The van der Waals surface area contributed by atoms with Crippen molar-refractivity contribution >= 4 is 17.5 Å². The van der Waals surface area contributed by atoms with Gasteiger partial charge in [0.2, 0.25) is 11.8 Å². The van der Waals surface area contributed by atoms with E-state index in [1.807, 2.05) is 7.05 Å². The van der Waals surface area contributed by atoms with Crippen molar-refractivity contribution in [3.05, 3.63) is 18.2 Å². The highest BCUT2D eigenvalue weighted by Crippen LogP contribution is 2.25. The summed E-state index contributed by atoms with van der Waals surface area (Å²) in [5, 5.41) is 8.22. The number of hydrogen-bond acceptors (Lipinski definition) is 5. The summed E-state index contributed by atoms with van der Waals surface area (Å²) in [7, 11) is 4.89. The Hall–Kier alpha value is -2.28. The molecule has 0 aliphatic rings. The standard InChI is InChI=1S/C15H23N3O4/c1-16-6-4-5-14(19)17-10-15(20)18-11-7-12(21-2)9-13(8-11)22-3/h7-9,16H,4-6,10H2,1-3H3,(H,17,19)(H,18,20). The molecule has 122 valence electrons. The highest BCUT2D eigenvalue weighted by molar-refractivity contribution is 5.94. The Balaban J connectivity index is 2.46. The molecule has 3 N–H and O–H groups in total. The van der Waals surface area contributed by atoms with Gasteiger partial charge in [0.05, 0.1) is 20.8 Å². The molecule has 0 unspecified atom stereocenters. The molecule has 7 heteroatoms. The molecule has 2 amide bonds. The normalized spacial score (nSPS) is 9.95. The minimum absolute atomic E-state index is 0.0715. The maximum Gasteiger partial charge on any atom is 0.243 e. The molecule has 0 bridgehead atoms. The van der Waals surface area contributed by atoms with Gasteiger partial charge in [-0.25, -0.2) is 0 Å². The van der Waals surface area contributed by atoms with Gasteiger partial charge in [0.25, 0.3) is 0 Å². The van der Waals surface area contributed by atoms with Crippen molar-refractivity contribution in [2.24, 2.45) is 0 Å². The van der Waals surface area contributed by atoms with E-state index in [0.717, 1.165) is 13.0 Å². The number of hydrogen-bond donors (Lipinski definition) is 3. The van der Waals surface area contributed by atoms with E-state index in [4.69, 9.17) is 9.47 Å². The van der Waals surface area contributed by atoms with Gasteiger partial charge in [-0.1, -0.05) is 0 Å². The number of anilines is 1. The fourth-order valence-electron chi connectivity index (χ4n) is 1.78. The lowest BCUT2D eigenvalue weighted by atomic mass is 10.2. The molecule has 1 aromatic carbocycles. The zero-order valence-electron chi connectivity index (χ0n) is 13.2. The number of ether oxygens (including phenoxy) is 2. The topological polar surface area (TPSA) is 88.7 Å².